The molecule has 0 spiro atoms. The fourth-order valence-electron chi connectivity index (χ4n) is 11.4. The Hall–Kier alpha value is -2.20. The lowest BCUT2D eigenvalue weighted by atomic mass is 9.63. The van der Waals surface area contributed by atoms with Crippen molar-refractivity contribution in [3.63, 3.8) is 0 Å². The maximum absolute atomic E-state index is 15.1. The van der Waals surface area contributed by atoms with Gasteiger partial charge >= 0.3 is 23.9 Å². The highest BCUT2D eigenvalue weighted by molar-refractivity contribution is 5.91. The number of nitrogens with one attached hydrogen (secondary N) is 2. The topological polar surface area (TPSA) is 151 Å². The molecule has 0 saturated carbocycles. The van der Waals surface area contributed by atoms with Gasteiger partial charge in [-0.3, -0.25) is 19.2 Å². The van der Waals surface area contributed by atoms with E-state index in [9.17, 15) is 24.6 Å². The number of unbranched alkanes of at least 4 members (excludes halogenated alkanes) is 20. The van der Waals surface area contributed by atoms with Crippen molar-refractivity contribution in [3.05, 3.63) is 0 Å². The van der Waals surface area contributed by atoms with Gasteiger partial charge in [-0.25, -0.2) is 0 Å². The van der Waals surface area contributed by atoms with Crippen LogP contribution >= 0.6 is 0 Å². The van der Waals surface area contributed by atoms with Crippen molar-refractivity contribution in [1.29, 1.82) is 0 Å². The van der Waals surface area contributed by atoms with Gasteiger partial charge in [-0.1, -0.05) is 155 Å². The van der Waals surface area contributed by atoms with Crippen LogP contribution in [0.25, 0.3) is 0 Å². The van der Waals surface area contributed by atoms with E-state index < -0.39 is 59.8 Å². The van der Waals surface area contributed by atoms with Crippen molar-refractivity contribution in [1.82, 2.24) is 10.6 Å². The normalized spacial score (nSPS) is 19.7. The molecule has 2 atom stereocenters. The molecule has 0 aromatic rings. The van der Waals surface area contributed by atoms with E-state index in [4.69, 9.17) is 9.47 Å². The maximum atomic E-state index is 15.1. The Balaban J connectivity index is 2.50. The van der Waals surface area contributed by atoms with E-state index in [1.807, 2.05) is 27.7 Å². The van der Waals surface area contributed by atoms with Crippen LogP contribution in [0.3, 0.4) is 0 Å². The van der Waals surface area contributed by atoms with Crippen LogP contribution in [0.5, 0.6) is 0 Å². The molecule has 2 aliphatic rings. The summed E-state index contributed by atoms with van der Waals surface area (Å²) in [7, 11) is 0. The van der Waals surface area contributed by atoms with E-state index in [1.165, 1.54) is 77.0 Å². The Labute approximate surface area is 379 Å². The van der Waals surface area contributed by atoms with Crippen LogP contribution in [0.4, 0.5) is 0 Å². The highest BCUT2D eigenvalue weighted by Crippen LogP contribution is 2.47. The Morgan fingerprint density at radius 2 is 0.790 bits per heavy atom. The summed E-state index contributed by atoms with van der Waals surface area (Å²) in [6.45, 7) is 20.9. The molecule has 4 N–H and O–H groups in total. The second kappa shape index (κ2) is 27.3. The number of carbonyl (C=O) groups excluding carboxylic acids is 2. The molecule has 0 bridgehead atoms. The second-order valence-corrected chi connectivity index (χ2v) is 22.4. The summed E-state index contributed by atoms with van der Waals surface area (Å²) in [5, 5.41) is 29.2. The molecule has 0 aliphatic carbocycles. The average Bonchev–Trinajstić information content (AvgIpc) is 3.12. The van der Waals surface area contributed by atoms with Crippen LogP contribution in [0, 0.1) is 17.3 Å². The molecule has 2 saturated heterocycles. The first-order chi connectivity index (χ1) is 29.1. The third-order valence-electron chi connectivity index (χ3n) is 13.7. The van der Waals surface area contributed by atoms with Gasteiger partial charge in [-0.15, -0.1) is 0 Å². The number of carboxylic acid groups (broad SMARTS) is 2. The Morgan fingerprint density at radius 1 is 0.500 bits per heavy atom. The lowest BCUT2D eigenvalue weighted by molar-refractivity contribution is -0.185. The minimum Gasteiger partial charge on any atom is -0.481 e. The first kappa shape index (κ1) is 55.9. The van der Waals surface area contributed by atoms with Crippen LogP contribution in [0.15, 0.2) is 0 Å². The van der Waals surface area contributed by atoms with Gasteiger partial charge in [0.1, 0.15) is 12.2 Å². The molecule has 2 heterocycles. The summed E-state index contributed by atoms with van der Waals surface area (Å²) in [5.74, 6) is -7.09. The molecule has 2 unspecified atom stereocenters. The lowest BCUT2D eigenvalue weighted by Gasteiger charge is -2.47. The molecule has 2 aliphatic heterocycles. The summed E-state index contributed by atoms with van der Waals surface area (Å²) in [6.07, 6.45) is 24.6. The number of piperidine rings is 2. The molecule has 0 amide bonds. The number of carbonyl (C=O) groups is 4. The Morgan fingerprint density at radius 3 is 1.08 bits per heavy atom. The molecule has 10 heteroatoms. The maximum Gasteiger partial charge on any atom is 0.311 e. The zero-order valence-electron chi connectivity index (χ0n) is 41.7. The van der Waals surface area contributed by atoms with Crippen molar-refractivity contribution in [2.45, 2.75) is 290 Å². The fraction of sp³-hybridized carbons (Fsp3) is 0.923. The predicted molar refractivity (Wildman–Crippen MR) is 252 cm³/mol. The van der Waals surface area contributed by atoms with Crippen molar-refractivity contribution in [2.75, 3.05) is 0 Å². The Bertz CT molecular complexity index is 1270. The fourth-order valence-corrected chi connectivity index (χ4v) is 11.4. The Kier molecular flexibility index (Phi) is 24.6. The molecule has 0 radical (unpaired) electrons. The largest absolute Gasteiger partial charge is 0.481 e. The van der Waals surface area contributed by atoms with E-state index in [0.29, 0.717) is 38.5 Å². The van der Waals surface area contributed by atoms with Crippen LogP contribution < -0.4 is 10.6 Å². The predicted octanol–water partition coefficient (Wildman–Crippen LogP) is 12.9. The molecule has 62 heavy (non-hydrogen) atoms. The molecule has 0 aromatic carbocycles. The van der Waals surface area contributed by atoms with Crippen LogP contribution in [0.2, 0.25) is 0 Å². The van der Waals surface area contributed by atoms with Crippen molar-refractivity contribution in [3.8, 4) is 0 Å². The zero-order chi connectivity index (χ0) is 46.5. The summed E-state index contributed by atoms with van der Waals surface area (Å²) in [5.41, 5.74) is -3.18. The van der Waals surface area contributed by atoms with Crippen LogP contribution in [0.1, 0.15) is 255 Å². The highest BCUT2D eigenvalue weighted by atomic mass is 16.6. The van der Waals surface area contributed by atoms with Crippen LogP contribution in [-0.4, -0.2) is 68.5 Å². The van der Waals surface area contributed by atoms with Gasteiger partial charge in [0.15, 0.2) is 0 Å². The molecular formula is C52H96N2O8. The van der Waals surface area contributed by atoms with E-state index in [-0.39, 0.29) is 35.0 Å². The summed E-state index contributed by atoms with van der Waals surface area (Å²) < 4.78 is 12.7. The number of esters is 2. The number of rotatable bonds is 33. The summed E-state index contributed by atoms with van der Waals surface area (Å²) in [6, 6.07) is 0. The smallest absolute Gasteiger partial charge is 0.311 e. The van der Waals surface area contributed by atoms with Crippen LogP contribution in [-0.2, 0) is 28.7 Å². The first-order valence-corrected chi connectivity index (χ1v) is 25.5. The summed E-state index contributed by atoms with van der Waals surface area (Å²) >= 11 is 0. The van der Waals surface area contributed by atoms with Crippen molar-refractivity contribution < 1.29 is 38.9 Å². The van der Waals surface area contributed by atoms with Gasteiger partial charge in [0, 0.05) is 47.8 Å². The lowest BCUT2D eigenvalue weighted by Crippen LogP contribution is -2.60. The van der Waals surface area contributed by atoms with E-state index in [1.54, 1.807) is 0 Å². The number of aliphatic carboxylic acids is 2. The van der Waals surface area contributed by atoms with Gasteiger partial charge in [0.2, 0.25) is 0 Å². The first-order valence-electron chi connectivity index (χ1n) is 25.5. The molecule has 2 fully saturated rings. The van der Waals surface area contributed by atoms with Crippen molar-refractivity contribution in [2.24, 2.45) is 17.3 Å². The number of ether oxygens (including phenoxy) is 2. The SMILES string of the molecule is CCCCCCCCCCCCCC(CCCCCCCCCCCCC)(C(=O)O)C(C(=O)OC1CC(C)(C)NC(C)(C)C1)C(CC(=O)O)C(=O)OC1CC(C)(C)NC(C)(C)C1. The minimum atomic E-state index is -1.71. The quantitative estimate of drug-likeness (QED) is 0.0370. The minimum absolute atomic E-state index is 0.164. The molecule has 10 nitrogen and oxygen atoms in total. The third-order valence-corrected chi connectivity index (χ3v) is 13.7. The number of hydrogen-bond acceptors (Lipinski definition) is 8. The standard InChI is InChI=1S/C52H96N2O8/c1-11-13-15-17-19-21-23-25-27-29-31-33-52(47(59)60,34-32-30-28-26-24-22-20-18-16-14-12-2)44(46(58)62-41-38-50(7,8)54-51(9,10)39-41)42(35-43(55)56)45(57)61-40-36-48(3,4)53-49(5,6)37-40/h40-42,44,53-54H,11-39H2,1-10H3,(H,55,56)(H,59,60). The summed E-state index contributed by atoms with van der Waals surface area (Å²) in [4.78, 5) is 56.7. The van der Waals surface area contributed by atoms with Gasteiger partial charge in [-0.2, -0.15) is 0 Å². The second-order valence-electron chi connectivity index (χ2n) is 22.4. The van der Waals surface area contributed by atoms with Gasteiger partial charge in [0.25, 0.3) is 0 Å². The number of carboxylic acids is 2. The highest BCUT2D eigenvalue weighted by Gasteiger charge is 2.56. The van der Waals surface area contributed by atoms with E-state index in [0.717, 1.165) is 51.4 Å². The average molecular weight is 877 g/mol. The molecule has 362 valence electrons. The van der Waals surface area contributed by atoms with Crippen molar-refractivity contribution >= 4 is 23.9 Å². The number of hydrogen-bond donors (Lipinski definition) is 4. The molecule has 2 rings (SSSR count). The molecule has 0 aromatic heterocycles. The van der Waals surface area contributed by atoms with E-state index >= 15 is 4.79 Å². The molecular weight excluding hydrogens is 781 g/mol. The third kappa shape index (κ3) is 21.2. The van der Waals surface area contributed by atoms with Gasteiger partial charge in [-0.05, 0) is 68.2 Å². The van der Waals surface area contributed by atoms with E-state index in [2.05, 4.69) is 52.2 Å². The zero-order valence-corrected chi connectivity index (χ0v) is 41.7. The monoisotopic (exact) mass is 877 g/mol. The van der Waals surface area contributed by atoms with Gasteiger partial charge < -0.3 is 30.3 Å². The van der Waals surface area contributed by atoms with Gasteiger partial charge in [0.05, 0.1) is 23.7 Å².